The van der Waals surface area contributed by atoms with Gasteiger partial charge in [0.2, 0.25) is 0 Å². The molecule has 1 aliphatic carbocycles. The molecule has 0 atom stereocenters. The number of hydrogen-bond donors (Lipinski definition) is 1. The largest absolute Gasteiger partial charge is 0.310 e. The number of para-hydroxylation sites is 1. The van der Waals surface area contributed by atoms with Crippen LogP contribution in [0.1, 0.15) is 37.1 Å². The third kappa shape index (κ3) is 1.43. The fourth-order valence-electron chi connectivity index (χ4n) is 2.07. The molecule has 1 aromatic heterocycles. The first kappa shape index (κ1) is 9.58. The van der Waals surface area contributed by atoms with Gasteiger partial charge in [0.05, 0.1) is 10.9 Å². The third-order valence-electron chi connectivity index (χ3n) is 3.18. The van der Waals surface area contributed by atoms with Crippen LogP contribution in [0, 0.1) is 0 Å². The monoisotopic (exact) mass is 214 g/mol. The zero-order valence-electron chi connectivity index (χ0n) is 9.29. The molecule has 0 unspecified atom stereocenters. The lowest BCUT2D eigenvalue weighted by molar-refractivity contribution is 0.927. The molecule has 1 aromatic carbocycles. The van der Waals surface area contributed by atoms with Gasteiger partial charge in [-0.25, -0.2) is 4.98 Å². The molecule has 0 aliphatic heterocycles. The zero-order valence-corrected chi connectivity index (χ0v) is 9.29. The molecule has 0 amide bonds. The maximum absolute atomic E-state index is 11.9. The highest BCUT2D eigenvalue weighted by molar-refractivity contribution is 5.80. The van der Waals surface area contributed by atoms with E-state index in [1.54, 1.807) is 0 Å². The molecule has 1 heterocycles. The van der Waals surface area contributed by atoms with Crippen molar-refractivity contribution in [1.29, 1.82) is 0 Å². The lowest BCUT2D eigenvalue weighted by Gasteiger charge is -2.05. The Morgan fingerprint density at radius 2 is 2.25 bits per heavy atom. The number of nitrogens with zero attached hydrogens (tertiary/aromatic N) is 1. The average molecular weight is 214 g/mol. The molecule has 0 bridgehead atoms. The van der Waals surface area contributed by atoms with Crippen molar-refractivity contribution in [2.75, 3.05) is 0 Å². The van der Waals surface area contributed by atoms with Crippen LogP contribution in [0.25, 0.3) is 10.9 Å². The molecule has 0 radical (unpaired) electrons. The molecule has 3 rings (SSSR count). The Kier molecular flexibility index (Phi) is 2.06. The quantitative estimate of drug-likeness (QED) is 0.834. The van der Waals surface area contributed by atoms with Crippen LogP contribution in [-0.4, -0.2) is 9.97 Å². The van der Waals surface area contributed by atoms with Gasteiger partial charge in [0.15, 0.2) is 0 Å². The molecule has 0 spiro atoms. The van der Waals surface area contributed by atoms with E-state index in [4.69, 9.17) is 0 Å². The molecule has 3 nitrogen and oxygen atoms in total. The maximum atomic E-state index is 11.9. The summed E-state index contributed by atoms with van der Waals surface area (Å²) in [5, 5.41) is 0.712. The summed E-state index contributed by atoms with van der Waals surface area (Å²) in [6, 6.07) is 5.82. The second-order valence-corrected chi connectivity index (χ2v) is 4.39. The van der Waals surface area contributed by atoms with E-state index < -0.39 is 0 Å². The van der Waals surface area contributed by atoms with Crippen LogP contribution in [0.2, 0.25) is 0 Å². The van der Waals surface area contributed by atoms with Crippen molar-refractivity contribution < 1.29 is 0 Å². The number of rotatable bonds is 2. The summed E-state index contributed by atoms with van der Waals surface area (Å²) in [6.07, 6.45) is 3.23. The van der Waals surface area contributed by atoms with Crippen molar-refractivity contribution in [1.82, 2.24) is 9.97 Å². The minimum Gasteiger partial charge on any atom is -0.310 e. The molecule has 1 saturated carbocycles. The van der Waals surface area contributed by atoms with Gasteiger partial charge >= 0.3 is 0 Å². The van der Waals surface area contributed by atoms with Crippen LogP contribution in [0.4, 0.5) is 0 Å². The first-order chi connectivity index (χ1) is 7.79. The number of hydrogen-bond acceptors (Lipinski definition) is 2. The van der Waals surface area contributed by atoms with E-state index in [2.05, 4.69) is 16.9 Å². The average Bonchev–Trinajstić information content (AvgIpc) is 3.12. The summed E-state index contributed by atoms with van der Waals surface area (Å²) in [7, 11) is 0. The van der Waals surface area contributed by atoms with Crippen molar-refractivity contribution in [2.24, 2.45) is 0 Å². The molecule has 1 fully saturated rings. The first-order valence-corrected chi connectivity index (χ1v) is 5.81. The normalized spacial score (nSPS) is 15.6. The maximum Gasteiger partial charge on any atom is 0.258 e. The minimum absolute atomic E-state index is 0.00204. The van der Waals surface area contributed by atoms with Crippen molar-refractivity contribution in [3.63, 3.8) is 0 Å². The van der Waals surface area contributed by atoms with Gasteiger partial charge in [0, 0.05) is 5.92 Å². The SMILES string of the molecule is CCc1cccc2c(=O)[nH]c(C3CC3)nc12. The number of H-pyrrole nitrogens is 1. The fourth-order valence-corrected chi connectivity index (χ4v) is 2.07. The number of fused-ring (bicyclic) bond motifs is 1. The number of aromatic nitrogens is 2. The van der Waals surface area contributed by atoms with Crippen molar-refractivity contribution in [2.45, 2.75) is 32.1 Å². The Bertz CT molecular complexity index is 596. The summed E-state index contributed by atoms with van der Waals surface area (Å²) >= 11 is 0. The molecule has 1 aliphatic rings. The second-order valence-electron chi connectivity index (χ2n) is 4.39. The lowest BCUT2D eigenvalue weighted by Crippen LogP contribution is -2.12. The van der Waals surface area contributed by atoms with Gasteiger partial charge in [0.1, 0.15) is 5.82 Å². The number of aryl methyl sites for hydroxylation is 1. The molecule has 82 valence electrons. The highest BCUT2D eigenvalue weighted by Crippen LogP contribution is 2.37. The van der Waals surface area contributed by atoms with Crippen LogP contribution < -0.4 is 5.56 Å². The standard InChI is InChI=1S/C13H14N2O/c1-2-8-4-3-5-10-11(8)14-12(9-6-7-9)15-13(10)16/h3-5,9H,2,6-7H2,1H3,(H,14,15,16). The van der Waals surface area contributed by atoms with E-state index >= 15 is 0 Å². The summed E-state index contributed by atoms with van der Waals surface area (Å²) in [6.45, 7) is 2.09. The Morgan fingerprint density at radius 3 is 2.94 bits per heavy atom. The van der Waals surface area contributed by atoms with E-state index in [1.807, 2.05) is 18.2 Å². The van der Waals surface area contributed by atoms with Gasteiger partial charge in [-0.15, -0.1) is 0 Å². The van der Waals surface area contributed by atoms with E-state index in [0.29, 0.717) is 11.3 Å². The Balaban J connectivity index is 2.33. The molecule has 1 N–H and O–H groups in total. The Labute approximate surface area is 93.5 Å². The van der Waals surface area contributed by atoms with Crippen molar-refractivity contribution in [3.8, 4) is 0 Å². The number of aromatic amines is 1. The fraction of sp³-hybridized carbons (Fsp3) is 0.385. The van der Waals surface area contributed by atoms with Gasteiger partial charge in [0.25, 0.3) is 5.56 Å². The molecule has 2 aromatic rings. The molecular weight excluding hydrogens is 200 g/mol. The molecular formula is C13H14N2O. The lowest BCUT2D eigenvalue weighted by atomic mass is 10.1. The van der Waals surface area contributed by atoms with Crippen LogP contribution in [0.5, 0.6) is 0 Å². The number of nitrogens with one attached hydrogen (secondary N) is 1. The first-order valence-electron chi connectivity index (χ1n) is 5.81. The van der Waals surface area contributed by atoms with E-state index in [0.717, 1.165) is 36.2 Å². The van der Waals surface area contributed by atoms with E-state index in [1.165, 1.54) is 0 Å². The van der Waals surface area contributed by atoms with Crippen LogP contribution in [0.15, 0.2) is 23.0 Å². The van der Waals surface area contributed by atoms with Crippen LogP contribution in [0.3, 0.4) is 0 Å². The summed E-state index contributed by atoms with van der Waals surface area (Å²) in [4.78, 5) is 19.4. The van der Waals surface area contributed by atoms with Crippen molar-refractivity contribution in [3.05, 3.63) is 39.9 Å². The summed E-state index contributed by atoms with van der Waals surface area (Å²) in [5.41, 5.74) is 2.04. The Hall–Kier alpha value is -1.64. The number of benzene rings is 1. The van der Waals surface area contributed by atoms with Crippen molar-refractivity contribution >= 4 is 10.9 Å². The molecule has 3 heteroatoms. The summed E-state index contributed by atoms with van der Waals surface area (Å²) in [5.74, 6) is 1.36. The van der Waals surface area contributed by atoms with Gasteiger partial charge in [-0.3, -0.25) is 4.79 Å². The molecule has 0 saturated heterocycles. The highest BCUT2D eigenvalue weighted by Gasteiger charge is 2.26. The predicted molar refractivity (Wildman–Crippen MR) is 63.7 cm³/mol. The summed E-state index contributed by atoms with van der Waals surface area (Å²) < 4.78 is 0. The van der Waals surface area contributed by atoms with Gasteiger partial charge in [-0.1, -0.05) is 19.1 Å². The third-order valence-corrected chi connectivity index (χ3v) is 3.18. The predicted octanol–water partition coefficient (Wildman–Crippen LogP) is 2.36. The van der Waals surface area contributed by atoms with Crippen LogP contribution in [-0.2, 0) is 6.42 Å². The van der Waals surface area contributed by atoms with Gasteiger partial charge in [-0.05, 0) is 30.9 Å². The second kappa shape index (κ2) is 3.44. The smallest absolute Gasteiger partial charge is 0.258 e. The topological polar surface area (TPSA) is 45.8 Å². The zero-order chi connectivity index (χ0) is 11.1. The van der Waals surface area contributed by atoms with Gasteiger partial charge < -0.3 is 4.98 Å². The van der Waals surface area contributed by atoms with E-state index in [-0.39, 0.29) is 5.56 Å². The van der Waals surface area contributed by atoms with Gasteiger partial charge in [-0.2, -0.15) is 0 Å². The van der Waals surface area contributed by atoms with Crippen LogP contribution >= 0.6 is 0 Å². The Morgan fingerprint density at radius 1 is 1.44 bits per heavy atom. The molecule has 16 heavy (non-hydrogen) atoms. The van der Waals surface area contributed by atoms with E-state index in [9.17, 15) is 4.79 Å². The minimum atomic E-state index is 0.00204. The highest BCUT2D eigenvalue weighted by atomic mass is 16.1.